The topological polar surface area (TPSA) is 84.7 Å². The van der Waals surface area contributed by atoms with Gasteiger partial charge >= 0.3 is 0 Å². The van der Waals surface area contributed by atoms with Gasteiger partial charge in [-0.3, -0.25) is 9.59 Å². The number of anilines is 1. The molecule has 10 radical (unpaired) electrons. The molecule has 2 rings (SSSR count). The predicted molar refractivity (Wildman–Crippen MR) is 176 cm³/mol. The van der Waals surface area contributed by atoms with Crippen molar-refractivity contribution in [2.45, 2.75) is 69.4 Å². The second-order valence-corrected chi connectivity index (χ2v) is 9.85. The molecule has 0 aliphatic carbocycles. The summed E-state index contributed by atoms with van der Waals surface area (Å²) in [6.07, 6.45) is 4.67. The van der Waals surface area contributed by atoms with Gasteiger partial charge in [0.2, 0.25) is 5.91 Å². The van der Waals surface area contributed by atoms with E-state index in [1.165, 1.54) is 25.0 Å². The third-order valence-electron chi connectivity index (χ3n) is 6.03. The van der Waals surface area contributed by atoms with Crippen LogP contribution in [0.1, 0.15) is 51.2 Å². The second kappa shape index (κ2) is 21.4. The number of hydrogen-bond acceptors (Lipinski definition) is 5. The molecule has 0 saturated heterocycles. The van der Waals surface area contributed by atoms with E-state index in [2.05, 4.69) is 34.0 Å². The van der Waals surface area contributed by atoms with Crippen LogP contribution < -0.4 is 16.0 Å². The number of rotatable bonds is 16. The van der Waals surface area contributed by atoms with Crippen LogP contribution in [0.15, 0.2) is 48.5 Å². The minimum absolute atomic E-state index is 0.0152. The summed E-state index contributed by atoms with van der Waals surface area (Å²) in [7, 11) is 25.2. The Kier molecular flexibility index (Phi) is 20.2. The highest BCUT2D eigenvalue weighted by molar-refractivity contribution is 6.67. The van der Waals surface area contributed by atoms with Crippen LogP contribution in [0, 0.1) is 5.82 Å². The normalized spacial score (nSPS) is 11.6. The number of benzene rings is 2. The van der Waals surface area contributed by atoms with Crippen LogP contribution in [-0.4, -0.2) is 88.6 Å². The summed E-state index contributed by atoms with van der Waals surface area (Å²) in [5, 5.41) is -1.14. The number of hydrogen-bond donors (Lipinski definition) is 2. The zero-order valence-corrected chi connectivity index (χ0v) is 25.8. The molecule has 0 spiro atoms. The van der Waals surface area contributed by atoms with Crippen molar-refractivity contribution in [3.63, 3.8) is 0 Å². The number of nitrogens with zero attached hydrogens (tertiary/aromatic N) is 1. The highest BCUT2D eigenvalue weighted by Crippen LogP contribution is 2.24. The molecule has 0 aromatic heterocycles. The van der Waals surface area contributed by atoms with Crippen molar-refractivity contribution in [2.75, 3.05) is 30.4 Å². The van der Waals surface area contributed by atoms with Crippen LogP contribution in [-0.2, 0) is 27.2 Å². The van der Waals surface area contributed by atoms with Gasteiger partial charge in [0, 0.05) is 36.6 Å². The van der Waals surface area contributed by atoms with Crippen molar-refractivity contribution in [1.82, 2.24) is 5.32 Å². The molecule has 0 aliphatic heterocycles. The van der Waals surface area contributed by atoms with Crippen molar-refractivity contribution in [2.24, 2.45) is 5.73 Å². The fourth-order valence-electron chi connectivity index (χ4n) is 3.51. The average molecular weight is 587 g/mol. The molecule has 0 bridgehead atoms. The first kappa shape index (κ1) is 39.7. The van der Waals surface area contributed by atoms with E-state index in [1.807, 2.05) is 26.0 Å². The Morgan fingerprint density at radius 2 is 1.60 bits per heavy atom. The fraction of sp³-hybridized carbons (Fsp3) is 0.517. The zero-order chi connectivity index (χ0) is 32.2. The van der Waals surface area contributed by atoms with Gasteiger partial charge in [-0.2, -0.15) is 0 Å². The van der Waals surface area contributed by atoms with Crippen molar-refractivity contribution >= 4 is 68.9 Å². The van der Waals surface area contributed by atoms with E-state index in [-0.39, 0.29) is 18.2 Å². The number of carbonyl (C=O) groups is 2. The molecule has 6 nitrogen and oxygen atoms in total. The summed E-state index contributed by atoms with van der Waals surface area (Å²) in [5.41, 5.74) is 9.23. The molecular weight excluding hydrogens is 547 g/mol. The molecule has 2 aromatic rings. The van der Waals surface area contributed by atoms with Gasteiger partial charge in [0.1, 0.15) is 21.5 Å². The van der Waals surface area contributed by atoms with Gasteiger partial charge in [-0.15, -0.1) is 16.7 Å². The van der Waals surface area contributed by atoms with Gasteiger partial charge in [-0.25, -0.2) is 4.39 Å². The number of halogens is 2. The third-order valence-corrected chi connectivity index (χ3v) is 6.19. The monoisotopic (exact) mass is 587 g/mol. The lowest BCUT2D eigenvalue weighted by molar-refractivity contribution is -0.132. The van der Waals surface area contributed by atoms with Gasteiger partial charge in [0.25, 0.3) is 6.47 Å². The molecule has 13 heteroatoms. The van der Waals surface area contributed by atoms with Crippen molar-refractivity contribution < 1.29 is 18.7 Å². The standard InChI is InChI=1S/C24H33ClFN3O.C3HB5O2.C2H6/c1-2-3-4-16-29(17-14-25)22-11-7-20(8-12-22)18-23(27)24(30)28-15-13-19-5-9-21(26)10-6-19;4-2(5,6)3(7,8)10-1-9;1-2/h5-12,23H,2-4,13-18,27H2,1H3,(H,28,30);1H;1-2H3/t23-;;/m0../s1. The lowest BCUT2D eigenvalue weighted by Gasteiger charge is -2.39. The van der Waals surface area contributed by atoms with Crippen LogP contribution in [0.25, 0.3) is 0 Å². The summed E-state index contributed by atoms with van der Waals surface area (Å²) in [5.74, 6) is 0.156. The summed E-state index contributed by atoms with van der Waals surface area (Å²) in [6.45, 7) is 8.50. The first-order chi connectivity index (χ1) is 19.8. The van der Waals surface area contributed by atoms with Gasteiger partial charge in [-0.1, -0.05) is 57.9 Å². The molecule has 0 aliphatic rings. The molecule has 0 unspecified atom stereocenters. The molecule has 218 valence electrons. The maximum atomic E-state index is 12.9. The molecular formula is C29H40B5ClFN3O3. The SMILES string of the molecule is CC.CCCCCN(CCCl)c1ccc(C[C@H](N)C(=O)NCCc2ccc(F)cc2)cc1.[B]C([B])([B])C([B])([B])OC=O. The van der Waals surface area contributed by atoms with E-state index in [1.54, 1.807) is 12.1 Å². The maximum Gasteiger partial charge on any atom is 0.292 e. The summed E-state index contributed by atoms with van der Waals surface area (Å²) in [6, 6.07) is 13.9. The molecule has 2 aromatic carbocycles. The van der Waals surface area contributed by atoms with E-state index in [9.17, 15) is 14.0 Å². The molecule has 0 heterocycles. The molecule has 0 fully saturated rings. The Morgan fingerprint density at radius 3 is 2.07 bits per heavy atom. The highest BCUT2D eigenvalue weighted by Gasteiger charge is 2.31. The van der Waals surface area contributed by atoms with Crippen LogP contribution >= 0.6 is 11.6 Å². The quantitative estimate of drug-likeness (QED) is 0.137. The van der Waals surface area contributed by atoms with E-state index in [0.717, 1.165) is 36.3 Å². The summed E-state index contributed by atoms with van der Waals surface area (Å²) < 4.78 is 17.0. The first-order valence-electron chi connectivity index (χ1n) is 14.1. The van der Waals surface area contributed by atoms with Gasteiger partial charge in [0.15, 0.2) is 0 Å². The lowest BCUT2D eigenvalue weighted by Crippen LogP contribution is -2.48. The van der Waals surface area contributed by atoms with Crippen LogP contribution in [0.5, 0.6) is 0 Å². The zero-order valence-electron chi connectivity index (χ0n) is 25.0. The minimum atomic E-state index is -2.05. The number of amides is 1. The fourth-order valence-corrected chi connectivity index (χ4v) is 3.71. The van der Waals surface area contributed by atoms with Crippen LogP contribution in [0.2, 0.25) is 5.11 Å². The van der Waals surface area contributed by atoms with Gasteiger partial charge in [0.05, 0.1) is 29.6 Å². The van der Waals surface area contributed by atoms with Crippen molar-refractivity contribution in [3.05, 3.63) is 65.5 Å². The van der Waals surface area contributed by atoms with Gasteiger partial charge in [-0.05, 0) is 54.7 Å². The molecule has 42 heavy (non-hydrogen) atoms. The maximum absolute atomic E-state index is 12.9. The second-order valence-electron chi connectivity index (χ2n) is 9.47. The number of nitrogens with two attached hydrogens (primary N) is 1. The van der Waals surface area contributed by atoms with Gasteiger partial charge < -0.3 is 20.7 Å². The lowest BCUT2D eigenvalue weighted by atomic mass is 9.28. The number of ether oxygens (including phenoxy) is 1. The molecule has 1 amide bonds. The number of unbranched alkanes of at least 4 members (excludes halogenated alkanes) is 2. The summed E-state index contributed by atoms with van der Waals surface area (Å²) >= 11 is 5.96. The predicted octanol–water partition coefficient (Wildman–Crippen LogP) is 3.05. The number of alkyl halides is 1. The largest absolute Gasteiger partial charge is 0.483 e. The number of nitrogens with one attached hydrogen (secondary N) is 1. The molecule has 3 N–H and O–H groups in total. The Bertz CT molecular complexity index is 1010. The minimum Gasteiger partial charge on any atom is -0.483 e. The average Bonchev–Trinajstić information content (AvgIpc) is 2.95. The smallest absolute Gasteiger partial charge is 0.292 e. The van der Waals surface area contributed by atoms with E-state index in [4.69, 9.17) is 56.6 Å². The number of carbonyl (C=O) groups excluding carboxylic acids is 2. The first-order valence-corrected chi connectivity index (χ1v) is 14.6. The van der Waals surface area contributed by atoms with E-state index in [0.29, 0.717) is 25.3 Å². The van der Waals surface area contributed by atoms with E-state index >= 15 is 0 Å². The van der Waals surface area contributed by atoms with E-state index < -0.39 is 16.6 Å². The van der Waals surface area contributed by atoms with Crippen molar-refractivity contribution in [1.29, 1.82) is 0 Å². The Labute approximate surface area is 263 Å². The Hall–Kier alpha value is -2.32. The van der Waals surface area contributed by atoms with Crippen LogP contribution in [0.4, 0.5) is 10.1 Å². The highest BCUT2D eigenvalue weighted by atomic mass is 35.5. The third kappa shape index (κ3) is 15.8. The van der Waals surface area contributed by atoms with Crippen molar-refractivity contribution in [3.8, 4) is 0 Å². The Morgan fingerprint density at radius 1 is 1.02 bits per heavy atom. The summed E-state index contributed by atoms with van der Waals surface area (Å²) in [4.78, 5) is 24.3. The Balaban J connectivity index is 0.00000118. The van der Waals surface area contributed by atoms with Crippen LogP contribution in [0.3, 0.4) is 0 Å². The molecule has 0 saturated carbocycles. The molecule has 1 atom stereocenters.